The largest absolute Gasteiger partial charge is 0.493 e. The minimum Gasteiger partial charge on any atom is -0.493 e. The van der Waals surface area contributed by atoms with Gasteiger partial charge in [-0.3, -0.25) is 0 Å². The summed E-state index contributed by atoms with van der Waals surface area (Å²) in [5, 5.41) is 17.6. The minimum absolute atomic E-state index is 0.0320. The first-order chi connectivity index (χ1) is 11.6. The zero-order chi connectivity index (χ0) is 17.5. The van der Waals surface area contributed by atoms with Crippen LogP contribution in [0.5, 0.6) is 11.5 Å². The second kappa shape index (κ2) is 8.54. The fraction of sp³-hybridized carbons (Fsp3) is 0.111. The van der Waals surface area contributed by atoms with Crippen LogP contribution in [0.2, 0.25) is 0 Å². The first kappa shape index (κ1) is 18.1. The highest BCUT2D eigenvalue weighted by molar-refractivity contribution is 9.11. The molecule has 24 heavy (non-hydrogen) atoms. The van der Waals surface area contributed by atoms with E-state index >= 15 is 0 Å². The lowest BCUT2D eigenvalue weighted by Gasteiger charge is -2.12. The van der Waals surface area contributed by atoms with Crippen LogP contribution >= 0.6 is 31.9 Å². The fourth-order valence-corrected chi connectivity index (χ4v) is 3.11. The maximum Gasteiger partial charge on any atom is 0.161 e. The zero-order valence-corrected chi connectivity index (χ0v) is 15.9. The van der Waals surface area contributed by atoms with Gasteiger partial charge in [-0.2, -0.15) is 10.5 Å². The predicted molar refractivity (Wildman–Crippen MR) is 98.4 cm³/mol. The molecule has 0 atom stereocenters. The number of hydrogen-bond donors (Lipinski definition) is 0. The van der Waals surface area contributed by atoms with Crippen molar-refractivity contribution in [1.82, 2.24) is 0 Å². The molecule has 0 saturated heterocycles. The summed E-state index contributed by atoms with van der Waals surface area (Å²) in [4.78, 5) is 0. The van der Waals surface area contributed by atoms with Gasteiger partial charge in [-0.05, 0) is 35.9 Å². The van der Waals surface area contributed by atoms with Crippen LogP contribution in [0.15, 0.2) is 50.9 Å². The number of allylic oxidation sites excluding steroid dienone is 1. The highest BCUT2D eigenvalue weighted by Gasteiger charge is 2.08. The Bertz CT molecular complexity index is 848. The van der Waals surface area contributed by atoms with E-state index in [0.717, 1.165) is 14.5 Å². The topological polar surface area (TPSA) is 66.0 Å². The molecule has 0 amide bonds. The number of benzene rings is 2. The van der Waals surface area contributed by atoms with Gasteiger partial charge >= 0.3 is 0 Å². The Hall–Kier alpha value is -2.28. The predicted octanol–water partition coefficient (Wildman–Crippen LogP) is 5.23. The van der Waals surface area contributed by atoms with Crippen molar-refractivity contribution in [2.45, 2.75) is 6.61 Å². The van der Waals surface area contributed by atoms with Gasteiger partial charge < -0.3 is 9.47 Å². The Labute approximate surface area is 157 Å². The van der Waals surface area contributed by atoms with Crippen molar-refractivity contribution in [3.63, 3.8) is 0 Å². The number of hydrogen-bond acceptors (Lipinski definition) is 4. The van der Waals surface area contributed by atoms with Crippen molar-refractivity contribution in [3.8, 4) is 23.6 Å². The van der Waals surface area contributed by atoms with Gasteiger partial charge in [0, 0.05) is 14.5 Å². The molecule has 0 unspecified atom stereocenters. The molecule has 0 heterocycles. The number of methoxy groups -OCH3 is 1. The zero-order valence-electron chi connectivity index (χ0n) is 12.7. The number of rotatable bonds is 5. The molecular weight excluding hydrogens is 436 g/mol. The summed E-state index contributed by atoms with van der Waals surface area (Å²) in [6, 6.07) is 14.8. The van der Waals surface area contributed by atoms with Crippen LogP contribution in [-0.4, -0.2) is 7.11 Å². The summed E-state index contributed by atoms with van der Waals surface area (Å²) < 4.78 is 13.1. The van der Waals surface area contributed by atoms with Crippen LogP contribution in [0.25, 0.3) is 6.08 Å². The smallest absolute Gasteiger partial charge is 0.161 e. The summed E-state index contributed by atoms with van der Waals surface area (Å²) >= 11 is 6.91. The van der Waals surface area contributed by atoms with E-state index in [2.05, 4.69) is 31.9 Å². The van der Waals surface area contributed by atoms with Crippen molar-refractivity contribution in [2.75, 3.05) is 7.11 Å². The summed E-state index contributed by atoms with van der Waals surface area (Å²) in [5.41, 5.74) is 1.73. The Balaban J connectivity index is 2.21. The van der Waals surface area contributed by atoms with Gasteiger partial charge in [-0.1, -0.05) is 44.0 Å². The summed E-state index contributed by atoms with van der Waals surface area (Å²) in [6.07, 6.45) is 1.50. The summed E-state index contributed by atoms with van der Waals surface area (Å²) in [6.45, 7) is 0.376. The van der Waals surface area contributed by atoms with Crippen LogP contribution in [0.3, 0.4) is 0 Å². The molecule has 0 aliphatic carbocycles. The standard InChI is InChI=1S/C18H12Br2N2O2/c1-23-18-7-12(6-13(9-21)10-22)2-5-17(18)24-11-14-3-4-15(19)8-16(14)20/h2-8H,11H2,1H3. The monoisotopic (exact) mass is 446 g/mol. The van der Waals surface area contributed by atoms with Gasteiger partial charge in [-0.15, -0.1) is 0 Å². The third kappa shape index (κ3) is 4.61. The number of nitriles is 2. The maximum absolute atomic E-state index is 8.82. The molecule has 0 spiro atoms. The van der Waals surface area contributed by atoms with E-state index in [1.807, 2.05) is 30.3 Å². The molecule has 0 aromatic heterocycles. The van der Waals surface area contributed by atoms with E-state index in [1.54, 1.807) is 25.3 Å². The van der Waals surface area contributed by atoms with Crippen molar-refractivity contribution < 1.29 is 9.47 Å². The van der Waals surface area contributed by atoms with E-state index in [0.29, 0.717) is 23.7 Å². The molecule has 0 saturated carbocycles. The molecule has 2 aromatic rings. The van der Waals surface area contributed by atoms with E-state index in [-0.39, 0.29) is 5.57 Å². The van der Waals surface area contributed by atoms with Crippen LogP contribution in [-0.2, 0) is 6.61 Å². The molecule has 2 rings (SSSR count). The molecule has 4 nitrogen and oxygen atoms in total. The van der Waals surface area contributed by atoms with Gasteiger partial charge in [0.1, 0.15) is 24.3 Å². The first-order valence-electron chi connectivity index (χ1n) is 6.84. The second-order valence-corrected chi connectivity index (χ2v) is 6.49. The average Bonchev–Trinajstić information content (AvgIpc) is 2.59. The van der Waals surface area contributed by atoms with Gasteiger partial charge in [0.05, 0.1) is 7.11 Å². The lowest BCUT2D eigenvalue weighted by Crippen LogP contribution is -1.99. The van der Waals surface area contributed by atoms with Gasteiger partial charge in [0.25, 0.3) is 0 Å². The minimum atomic E-state index is 0.0320. The lowest BCUT2D eigenvalue weighted by atomic mass is 10.1. The quantitative estimate of drug-likeness (QED) is 0.588. The summed E-state index contributed by atoms with van der Waals surface area (Å²) in [5.74, 6) is 1.12. The molecular formula is C18H12Br2N2O2. The SMILES string of the molecule is COc1cc(C=C(C#N)C#N)ccc1OCc1ccc(Br)cc1Br. The number of halogens is 2. The molecule has 0 aliphatic heterocycles. The van der Waals surface area contributed by atoms with Crippen LogP contribution in [0.4, 0.5) is 0 Å². The molecule has 0 aliphatic rings. The third-order valence-electron chi connectivity index (χ3n) is 3.14. The normalized spacial score (nSPS) is 9.54. The fourth-order valence-electron chi connectivity index (χ4n) is 1.94. The molecule has 6 heteroatoms. The van der Waals surface area contributed by atoms with Crippen LogP contribution in [0.1, 0.15) is 11.1 Å². The number of nitrogens with zero attached hydrogens (tertiary/aromatic N) is 2. The van der Waals surface area contributed by atoms with Gasteiger partial charge in [0.15, 0.2) is 11.5 Å². The van der Waals surface area contributed by atoms with E-state index in [1.165, 1.54) is 6.08 Å². The first-order valence-corrected chi connectivity index (χ1v) is 8.42. The van der Waals surface area contributed by atoms with Gasteiger partial charge in [0.2, 0.25) is 0 Å². The average molecular weight is 448 g/mol. The lowest BCUT2D eigenvalue weighted by molar-refractivity contribution is 0.284. The Kier molecular flexibility index (Phi) is 6.43. The second-order valence-electron chi connectivity index (χ2n) is 4.72. The van der Waals surface area contributed by atoms with E-state index < -0.39 is 0 Å². The molecule has 120 valence electrons. The maximum atomic E-state index is 8.82. The van der Waals surface area contributed by atoms with Crippen LogP contribution in [0, 0.1) is 22.7 Å². The Morgan fingerprint density at radius 3 is 2.46 bits per heavy atom. The highest BCUT2D eigenvalue weighted by Crippen LogP contribution is 2.31. The van der Waals surface area contributed by atoms with E-state index in [4.69, 9.17) is 20.0 Å². The summed E-state index contributed by atoms with van der Waals surface area (Å²) in [7, 11) is 1.54. The van der Waals surface area contributed by atoms with E-state index in [9.17, 15) is 0 Å². The number of ether oxygens (including phenoxy) is 2. The van der Waals surface area contributed by atoms with Crippen molar-refractivity contribution in [2.24, 2.45) is 0 Å². The Morgan fingerprint density at radius 2 is 1.83 bits per heavy atom. The van der Waals surface area contributed by atoms with Crippen molar-refractivity contribution in [1.29, 1.82) is 10.5 Å². The van der Waals surface area contributed by atoms with Gasteiger partial charge in [-0.25, -0.2) is 0 Å². The van der Waals surface area contributed by atoms with Crippen molar-refractivity contribution in [3.05, 3.63) is 62.0 Å². The van der Waals surface area contributed by atoms with Crippen LogP contribution < -0.4 is 9.47 Å². The third-order valence-corrected chi connectivity index (χ3v) is 4.37. The molecule has 2 aromatic carbocycles. The van der Waals surface area contributed by atoms with Crippen molar-refractivity contribution >= 4 is 37.9 Å². The molecule has 0 N–H and O–H groups in total. The molecule has 0 bridgehead atoms. The highest BCUT2D eigenvalue weighted by atomic mass is 79.9. The molecule has 0 radical (unpaired) electrons. The Morgan fingerprint density at radius 1 is 1.08 bits per heavy atom. The molecule has 0 fully saturated rings.